The first-order valence-electron chi connectivity index (χ1n) is 6.57. The summed E-state index contributed by atoms with van der Waals surface area (Å²) in [6.45, 7) is 8.05. The number of amides is 1. The summed E-state index contributed by atoms with van der Waals surface area (Å²) in [7, 11) is 0. The molecule has 0 saturated heterocycles. The van der Waals surface area contributed by atoms with E-state index in [-0.39, 0.29) is 13.2 Å². The Hall–Kier alpha value is -1.07. The van der Waals surface area contributed by atoms with E-state index in [2.05, 4.69) is 15.9 Å². The van der Waals surface area contributed by atoms with Gasteiger partial charge < -0.3 is 14.7 Å². The second kappa shape index (κ2) is 7.09. The fraction of sp³-hybridized carbons (Fsp3) is 0.533. The molecule has 0 fully saturated rings. The number of aliphatic hydroxyl groups is 1. The van der Waals surface area contributed by atoms with Crippen LogP contribution >= 0.6 is 15.9 Å². The molecule has 0 unspecified atom stereocenters. The number of carbonyl (C=O) groups excluding carboxylic acids is 1. The summed E-state index contributed by atoms with van der Waals surface area (Å²) in [5, 5.41) is 9.13. The SMILES string of the molecule is Cc1c(Br)cccc1CN(CCO)C(=O)OC(C)(C)C. The smallest absolute Gasteiger partial charge is 0.410 e. The number of hydrogen-bond acceptors (Lipinski definition) is 3. The van der Waals surface area contributed by atoms with Crippen LogP contribution in [-0.4, -0.2) is 34.9 Å². The average molecular weight is 344 g/mol. The first-order chi connectivity index (χ1) is 9.24. The predicted molar refractivity (Wildman–Crippen MR) is 82.6 cm³/mol. The van der Waals surface area contributed by atoms with Gasteiger partial charge in [-0.3, -0.25) is 0 Å². The van der Waals surface area contributed by atoms with Crippen molar-refractivity contribution in [3.8, 4) is 0 Å². The van der Waals surface area contributed by atoms with E-state index in [0.29, 0.717) is 6.54 Å². The second-order valence-corrected chi connectivity index (χ2v) is 6.50. The summed E-state index contributed by atoms with van der Waals surface area (Å²) in [5.74, 6) is 0. The van der Waals surface area contributed by atoms with Gasteiger partial charge in [-0.05, 0) is 44.9 Å². The van der Waals surface area contributed by atoms with Crippen LogP contribution in [0, 0.1) is 6.92 Å². The summed E-state index contributed by atoms with van der Waals surface area (Å²) in [6, 6.07) is 5.86. The molecule has 1 N–H and O–H groups in total. The van der Waals surface area contributed by atoms with Gasteiger partial charge in [0.05, 0.1) is 6.61 Å². The van der Waals surface area contributed by atoms with Crippen molar-refractivity contribution in [2.24, 2.45) is 0 Å². The molecule has 0 aliphatic heterocycles. The second-order valence-electron chi connectivity index (χ2n) is 5.65. The first-order valence-corrected chi connectivity index (χ1v) is 7.36. The van der Waals surface area contributed by atoms with Crippen LogP contribution in [0.15, 0.2) is 22.7 Å². The summed E-state index contributed by atoms with van der Waals surface area (Å²) in [4.78, 5) is 13.6. The molecular weight excluding hydrogens is 322 g/mol. The zero-order chi connectivity index (χ0) is 15.3. The third kappa shape index (κ3) is 5.13. The molecule has 1 rings (SSSR count). The monoisotopic (exact) mass is 343 g/mol. The van der Waals surface area contributed by atoms with E-state index < -0.39 is 11.7 Å². The molecule has 1 amide bonds. The molecule has 0 radical (unpaired) electrons. The van der Waals surface area contributed by atoms with Crippen molar-refractivity contribution < 1.29 is 14.6 Å². The molecule has 0 atom stereocenters. The van der Waals surface area contributed by atoms with Gasteiger partial charge in [-0.15, -0.1) is 0 Å². The van der Waals surface area contributed by atoms with E-state index in [1.165, 1.54) is 4.90 Å². The van der Waals surface area contributed by atoms with Crippen LogP contribution in [0.1, 0.15) is 31.9 Å². The molecule has 0 bridgehead atoms. The summed E-state index contributed by atoms with van der Waals surface area (Å²) in [6.07, 6.45) is -0.411. The van der Waals surface area contributed by atoms with Gasteiger partial charge in [-0.1, -0.05) is 28.1 Å². The van der Waals surface area contributed by atoms with Crippen LogP contribution in [0.3, 0.4) is 0 Å². The molecule has 4 nitrogen and oxygen atoms in total. The van der Waals surface area contributed by atoms with Gasteiger partial charge in [-0.2, -0.15) is 0 Å². The highest BCUT2D eigenvalue weighted by Gasteiger charge is 2.22. The Balaban J connectivity index is 2.87. The highest BCUT2D eigenvalue weighted by atomic mass is 79.9. The van der Waals surface area contributed by atoms with Crippen molar-refractivity contribution in [2.45, 2.75) is 39.8 Å². The maximum atomic E-state index is 12.1. The maximum Gasteiger partial charge on any atom is 0.410 e. The maximum absolute atomic E-state index is 12.1. The Morgan fingerprint density at radius 3 is 2.60 bits per heavy atom. The number of carbonyl (C=O) groups is 1. The van der Waals surface area contributed by atoms with Gasteiger partial charge in [0.1, 0.15) is 5.60 Å². The van der Waals surface area contributed by atoms with Crippen LogP contribution < -0.4 is 0 Å². The molecular formula is C15H22BrNO3. The minimum absolute atomic E-state index is 0.0910. The molecule has 5 heteroatoms. The molecule has 1 aromatic carbocycles. The van der Waals surface area contributed by atoms with Gasteiger partial charge in [0.2, 0.25) is 0 Å². The van der Waals surface area contributed by atoms with E-state index in [1.807, 2.05) is 45.9 Å². The largest absolute Gasteiger partial charge is 0.444 e. The number of aliphatic hydroxyl groups excluding tert-OH is 1. The van der Waals surface area contributed by atoms with E-state index in [4.69, 9.17) is 9.84 Å². The molecule has 0 aromatic heterocycles. The number of halogens is 1. The normalized spacial score (nSPS) is 11.3. The van der Waals surface area contributed by atoms with E-state index >= 15 is 0 Å². The van der Waals surface area contributed by atoms with E-state index in [9.17, 15) is 4.79 Å². The zero-order valence-electron chi connectivity index (χ0n) is 12.4. The Bertz CT molecular complexity index is 469. The van der Waals surface area contributed by atoms with Crippen molar-refractivity contribution in [1.29, 1.82) is 0 Å². The van der Waals surface area contributed by atoms with Gasteiger partial charge in [0.25, 0.3) is 0 Å². The van der Waals surface area contributed by atoms with Gasteiger partial charge in [0.15, 0.2) is 0 Å². The Kier molecular flexibility index (Phi) is 6.02. The summed E-state index contributed by atoms with van der Waals surface area (Å²) < 4.78 is 6.36. The van der Waals surface area contributed by atoms with Crippen molar-refractivity contribution in [2.75, 3.05) is 13.2 Å². The topological polar surface area (TPSA) is 49.8 Å². The minimum atomic E-state index is -0.545. The van der Waals surface area contributed by atoms with Crippen LogP contribution in [0.4, 0.5) is 4.79 Å². The highest BCUT2D eigenvalue weighted by molar-refractivity contribution is 9.10. The first kappa shape index (κ1) is 17.0. The molecule has 1 aromatic rings. The van der Waals surface area contributed by atoms with Gasteiger partial charge >= 0.3 is 6.09 Å². The molecule has 0 saturated carbocycles. The quantitative estimate of drug-likeness (QED) is 0.910. The predicted octanol–water partition coefficient (Wildman–Crippen LogP) is 3.49. The zero-order valence-corrected chi connectivity index (χ0v) is 14.0. The standard InChI is InChI=1S/C15H22BrNO3/c1-11-12(6-5-7-13(11)16)10-17(8-9-18)14(19)20-15(2,3)4/h5-7,18H,8-10H2,1-4H3. The molecule has 0 aliphatic rings. The lowest BCUT2D eigenvalue weighted by molar-refractivity contribution is 0.0201. The third-order valence-electron chi connectivity index (χ3n) is 2.76. The number of ether oxygens (including phenoxy) is 1. The van der Waals surface area contributed by atoms with E-state index in [1.54, 1.807) is 0 Å². The van der Waals surface area contributed by atoms with Crippen LogP contribution in [-0.2, 0) is 11.3 Å². The van der Waals surface area contributed by atoms with Gasteiger partial charge in [0, 0.05) is 17.6 Å². The van der Waals surface area contributed by atoms with Gasteiger partial charge in [-0.25, -0.2) is 4.79 Å². The number of benzene rings is 1. The van der Waals surface area contributed by atoms with Crippen molar-refractivity contribution in [1.82, 2.24) is 4.90 Å². The number of nitrogens with zero attached hydrogens (tertiary/aromatic N) is 1. The van der Waals surface area contributed by atoms with Crippen molar-refractivity contribution in [3.63, 3.8) is 0 Å². The Labute approximate surface area is 128 Å². The molecule has 20 heavy (non-hydrogen) atoms. The van der Waals surface area contributed by atoms with Crippen LogP contribution in [0.2, 0.25) is 0 Å². The van der Waals surface area contributed by atoms with Crippen LogP contribution in [0.5, 0.6) is 0 Å². The lowest BCUT2D eigenvalue weighted by Gasteiger charge is -2.27. The summed E-state index contributed by atoms with van der Waals surface area (Å²) >= 11 is 3.48. The fourth-order valence-electron chi connectivity index (χ4n) is 1.71. The Morgan fingerprint density at radius 1 is 1.40 bits per heavy atom. The lowest BCUT2D eigenvalue weighted by Crippen LogP contribution is -2.38. The summed E-state index contributed by atoms with van der Waals surface area (Å²) in [5.41, 5.74) is 1.56. The minimum Gasteiger partial charge on any atom is -0.444 e. The molecule has 0 spiro atoms. The Morgan fingerprint density at radius 2 is 2.05 bits per heavy atom. The number of hydrogen-bond donors (Lipinski definition) is 1. The third-order valence-corrected chi connectivity index (χ3v) is 3.62. The molecule has 112 valence electrons. The highest BCUT2D eigenvalue weighted by Crippen LogP contribution is 2.21. The van der Waals surface area contributed by atoms with Crippen molar-refractivity contribution in [3.05, 3.63) is 33.8 Å². The van der Waals surface area contributed by atoms with E-state index in [0.717, 1.165) is 15.6 Å². The molecule has 0 aliphatic carbocycles. The van der Waals surface area contributed by atoms with Crippen LogP contribution in [0.25, 0.3) is 0 Å². The lowest BCUT2D eigenvalue weighted by atomic mass is 10.1. The fourth-order valence-corrected chi connectivity index (χ4v) is 2.12. The molecule has 0 heterocycles. The van der Waals surface area contributed by atoms with Crippen molar-refractivity contribution >= 4 is 22.0 Å². The number of rotatable bonds is 4. The average Bonchev–Trinajstić information content (AvgIpc) is 2.32.